The molecular weight excluding hydrogens is 562 g/mol. The first-order valence-electron chi connectivity index (χ1n) is 15.2. The summed E-state index contributed by atoms with van der Waals surface area (Å²) in [5, 5.41) is 12.5. The van der Waals surface area contributed by atoms with Crippen LogP contribution in [-0.4, -0.2) is 59.0 Å². The molecule has 2 aromatic heterocycles. The number of nitrogens with zero attached hydrogens (tertiary/aromatic N) is 7. The van der Waals surface area contributed by atoms with Crippen molar-refractivity contribution < 1.29 is 9.59 Å². The highest BCUT2D eigenvalue weighted by atomic mass is 16.2. The van der Waals surface area contributed by atoms with Gasteiger partial charge in [0.05, 0.1) is 23.8 Å². The van der Waals surface area contributed by atoms with Gasteiger partial charge in [-0.25, -0.2) is 4.68 Å². The topological polar surface area (TPSA) is 89.1 Å². The van der Waals surface area contributed by atoms with Crippen LogP contribution >= 0.6 is 0 Å². The molecule has 1 atom stereocenters. The van der Waals surface area contributed by atoms with Gasteiger partial charge in [0.1, 0.15) is 6.04 Å². The Morgan fingerprint density at radius 3 is 2.36 bits per heavy atom. The summed E-state index contributed by atoms with van der Waals surface area (Å²) >= 11 is 0. The molecule has 0 aliphatic carbocycles. The van der Waals surface area contributed by atoms with Gasteiger partial charge in [-0.3, -0.25) is 14.3 Å². The van der Waals surface area contributed by atoms with E-state index in [1.54, 1.807) is 28.1 Å². The second kappa shape index (κ2) is 13.1. The zero-order valence-corrected chi connectivity index (χ0v) is 25.9. The Morgan fingerprint density at radius 2 is 1.67 bits per heavy atom. The third-order valence-electron chi connectivity index (χ3n) is 8.59. The van der Waals surface area contributed by atoms with Crippen LogP contribution in [-0.2, 0) is 42.6 Å². The van der Waals surface area contributed by atoms with E-state index in [-0.39, 0.29) is 18.4 Å². The van der Waals surface area contributed by atoms with Crippen molar-refractivity contribution in [1.82, 2.24) is 34.6 Å². The van der Waals surface area contributed by atoms with E-state index < -0.39 is 6.04 Å². The fourth-order valence-electron chi connectivity index (χ4n) is 5.98. The summed E-state index contributed by atoms with van der Waals surface area (Å²) in [5.41, 5.74) is 7.90. The first-order valence-corrected chi connectivity index (χ1v) is 15.2. The van der Waals surface area contributed by atoms with Crippen LogP contribution in [0.3, 0.4) is 0 Å². The van der Waals surface area contributed by atoms with E-state index in [9.17, 15) is 9.59 Å². The number of amides is 2. The lowest BCUT2D eigenvalue weighted by Gasteiger charge is -2.37. The van der Waals surface area contributed by atoms with E-state index in [1.165, 1.54) is 5.56 Å². The van der Waals surface area contributed by atoms with Crippen molar-refractivity contribution in [2.75, 3.05) is 6.54 Å². The van der Waals surface area contributed by atoms with Gasteiger partial charge in [0.2, 0.25) is 11.8 Å². The lowest BCUT2D eigenvalue weighted by atomic mass is 9.97. The summed E-state index contributed by atoms with van der Waals surface area (Å²) in [6, 6.07) is 25.3. The number of fused-ring (bicyclic) bond motifs is 1. The fourth-order valence-corrected chi connectivity index (χ4v) is 5.98. The Balaban J connectivity index is 1.36. The first kappa shape index (κ1) is 29.7. The van der Waals surface area contributed by atoms with Crippen molar-refractivity contribution in [2.45, 2.75) is 45.8 Å². The number of rotatable bonds is 9. The predicted octanol–water partition coefficient (Wildman–Crippen LogP) is 4.86. The maximum Gasteiger partial charge on any atom is 0.247 e. The molecule has 5 aromatic rings. The van der Waals surface area contributed by atoms with Gasteiger partial charge in [0.15, 0.2) is 0 Å². The molecule has 45 heavy (non-hydrogen) atoms. The van der Waals surface area contributed by atoms with Crippen LogP contribution in [0.5, 0.6) is 0 Å². The molecule has 0 N–H and O–H groups in total. The molecule has 9 nitrogen and oxygen atoms in total. The van der Waals surface area contributed by atoms with Gasteiger partial charge in [-0.2, -0.15) is 5.10 Å². The van der Waals surface area contributed by atoms with Crippen molar-refractivity contribution in [3.05, 3.63) is 137 Å². The Morgan fingerprint density at radius 1 is 0.933 bits per heavy atom. The molecule has 1 aliphatic heterocycles. The molecule has 0 saturated heterocycles. The number of hydrogen-bond donors (Lipinski definition) is 0. The molecule has 9 heteroatoms. The fraction of sp³-hybridized carbons (Fsp3) is 0.250. The van der Waals surface area contributed by atoms with Crippen LogP contribution in [0.1, 0.15) is 39.2 Å². The molecule has 6 rings (SSSR count). The zero-order chi connectivity index (χ0) is 31.3. The SMILES string of the molecule is Cc1nn(C)c(C)c1C=CC(=O)N(Cc1ccc(-n2ccnn2)cc1)[C@@H](Cc1ccccc1)C(=O)N1CCc2ccccc2C1. The maximum atomic E-state index is 14.5. The molecule has 0 radical (unpaired) electrons. The largest absolute Gasteiger partial charge is 0.336 e. The van der Waals surface area contributed by atoms with Crippen LogP contribution < -0.4 is 0 Å². The third kappa shape index (κ3) is 6.62. The molecular formula is C36H37N7O2. The molecule has 0 spiro atoms. The Labute approximate surface area is 263 Å². The van der Waals surface area contributed by atoms with E-state index in [1.807, 2.05) is 103 Å². The molecule has 0 bridgehead atoms. The number of benzene rings is 3. The van der Waals surface area contributed by atoms with Crippen LogP contribution in [0.2, 0.25) is 0 Å². The van der Waals surface area contributed by atoms with E-state index in [4.69, 9.17) is 0 Å². The van der Waals surface area contributed by atoms with Crippen molar-refractivity contribution in [2.24, 2.45) is 7.05 Å². The lowest BCUT2D eigenvalue weighted by molar-refractivity contribution is -0.144. The van der Waals surface area contributed by atoms with E-state index in [0.29, 0.717) is 19.5 Å². The summed E-state index contributed by atoms with van der Waals surface area (Å²) in [6.45, 7) is 5.31. The van der Waals surface area contributed by atoms with Gasteiger partial charge in [0, 0.05) is 50.4 Å². The van der Waals surface area contributed by atoms with E-state index in [0.717, 1.165) is 45.7 Å². The van der Waals surface area contributed by atoms with Gasteiger partial charge >= 0.3 is 0 Å². The molecule has 0 saturated carbocycles. The quantitative estimate of drug-likeness (QED) is 0.226. The Kier molecular flexibility index (Phi) is 8.68. The van der Waals surface area contributed by atoms with Crippen LogP contribution in [0.15, 0.2) is 97.3 Å². The highest BCUT2D eigenvalue weighted by molar-refractivity contribution is 5.96. The average Bonchev–Trinajstić information content (AvgIpc) is 3.69. The molecule has 2 amide bonds. The number of aryl methyl sites for hydroxylation is 2. The summed E-state index contributed by atoms with van der Waals surface area (Å²) in [6.07, 6.45) is 8.00. The summed E-state index contributed by atoms with van der Waals surface area (Å²) in [4.78, 5) is 32.4. The van der Waals surface area contributed by atoms with Crippen LogP contribution in [0.25, 0.3) is 11.8 Å². The standard InChI is InChI=1S/C36H37N7O2/c1-26-33(27(2)40(3)38-26)17-18-35(44)42(24-29-13-15-32(16-14-29)43-22-20-37-39-43)34(23-28-9-5-4-6-10-28)36(45)41-21-19-30-11-7-8-12-31(30)25-41/h4-18,20,22,34H,19,21,23-25H2,1-3H3/t34-/m0/s1. The first-order chi connectivity index (χ1) is 21.9. The minimum absolute atomic E-state index is 0.0527. The maximum absolute atomic E-state index is 14.5. The minimum Gasteiger partial charge on any atom is -0.336 e. The second-order valence-corrected chi connectivity index (χ2v) is 11.5. The van der Waals surface area contributed by atoms with Gasteiger partial charge < -0.3 is 9.80 Å². The number of carbonyl (C=O) groups excluding carboxylic acids is 2. The minimum atomic E-state index is -0.708. The Bertz CT molecular complexity index is 1810. The predicted molar refractivity (Wildman–Crippen MR) is 173 cm³/mol. The van der Waals surface area contributed by atoms with Crippen LogP contribution in [0.4, 0.5) is 0 Å². The van der Waals surface area contributed by atoms with Gasteiger partial charge in [-0.05, 0) is 60.7 Å². The van der Waals surface area contributed by atoms with Gasteiger partial charge in [-0.1, -0.05) is 71.9 Å². The molecule has 1 aliphatic rings. The molecule has 3 heterocycles. The Hall–Kier alpha value is -5.31. The molecule has 3 aromatic carbocycles. The van der Waals surface area contributed by atoms with Crippen molar-refractivity contribution >= 4 is 17.9 Å². The van der Waals surface area contributed by atoms with Crippen molar-refractivity contribution in [3.8, 4) is 5.69 Å². The molecule has 228 valence electrons. The molecule has 0 unspecified atom stereocenters. The average molecular weight is 600 g/mol. The highest BCUT2D eigenvalue weighted by Gasteiger charge is 2.34. The van der Waals surface area contributed by atoms with E-state index >= 15 is 0 Å². The summed E-state index contributed by atoms with van der Waals surface area (Å²) in [5.74, 6) is -0.284. The van der Waals surface area contributed by atoms with Gasteiger partial charge in [0.25, 0.3) is 0 Å². The number of carbonyl (C=O) groups is 2. The normalized spacial score (nSPS) is 13.5. The number of hydrogen-bond acceptors (Lipinski definition) is 5. The van der Waals surface area contributed by atoms with Crippen LogP contribution in [0, 0.1) is 13.8 Å². The van der Waals surface area contributed by atoms with E-state index in [2.05, 4.69) is 27.5 Å². The monoisotopic (exact) mass is 599 g/mol. The highest BCUT2D eigenvalue weighted by Crippen LogP contribution is 2.24. The molecule has 0 fully saturated rings. The lowest BCUT2D eigenvalue weighted by Crippen LogP contribution is -2.52. The van der Waals surface area contributed by atoms with Crippen molar-refractivity contribution in [3.63, 3.8) is 0 Å². The summed E-state index contributed by atoms with van der Waals surface area (Å²) in [7, 11) is 1.89. The third-order valence-corrected chi connectivity index (χ3v) is 8.59. The number of aromatic nitrogens is 5. The van der Waals surface area contributed by atoms with Gasteiger partial charge in [-0.15, -0.1) is 5.10 Å². The smallest absolute Gasteiger partial charge is 0.247 e. The van der Waals surface area contributed by atoms with Crippen molar-refractivity contribution in [1.29, 1.82) is 0 Å². The zero-order valence-electron chi connectivity index (χ0n) is 25.9. The second-order valence-electron chi connectivity index (χ2n) is 11.5. The summed E-state index contributed by atoms with van der Waals surface area (Å²) < 4.78 is 3.49.